The highest BCUT2D eigenvalue weighted by molar-refractivity contribution is 6.26. The highest BCUT2D eigenvalue weighted by atomic mass is 16.3. The Bertz CT molecular complexity index is 4780. The summed E-state index contributed by atoms with van der Waals surface area (Å²) in [4.78, 5) is 16.5. The summed E-state index contributed by atoms with van der Waals surface area (Å²) in [6, 6.07) is 73.6. The SMILES string of the molecule is c1cc(-c2ccc3c(c2)oc2ccccc23)nc(-n2c3ccccc3c3c2ccc2c4ccccc4n(-c4nc(-c5ccc6oc7ccccc7c6c5)cc(-c5ccc6oc7ccccc7c6c5)n4)c23)c1. The molecular weight excluding hydrogens is 875 g/mol. The van der Waals surface area contributed by atoms with E-state index >= 15 is 0 Å². The van der Waals surface area contributed by atoms with Crippen molar-refractivity contribution in [3.8, 4) is 45.5 Å². The van der Waals surface area contributed by atoms with Gasteiger partial charge < -0.3 is 13.3 Å². The third-order valence-electron chi connectivity index (χ3n) is 14.4. The summed E-state index contributed by atoms with van der Waals surface area (Å²) >= 11 is 0. The first-order valence-corrected chi connectivity index (χ1v) is 23.7. The maximum absolute atomic E-state index is 6.32. The molecule has 0 aliphatic heterocycles. The molecule has 16 rings (SSSR count). The first-order valence-electron chi connectivity index (χ1n) is 23.7. The highest BCUT2D eigenvalue weighted by Crippen LogP contribution is 2.43. The standard InChI is InChI=1S/C63H35N5O3/c1-6-18-51-39(12-1)44-28-29-53-61(45-16-2-7-19-52(45)67(53)60-23-11-17-48(64-60)38-24-27-43-40-13-3-8-20-54(40)71-59(43)34-38)62(44)68(51)63-65-49(36-25-30-57-46(32-36)41-14-4-9-21-55(41)69-57)35-50(66-63)37-26-31-58-47(33-37)42-15-5-10-22-56(42)70-58/h1-35H. The Hall–Kier alpha value is -9.79. The summed E-state index contributed by atoms with van der Waals surface area (Å²) in [5.74, 6) is 1.37. The van der Waals surface area contributed by atoms with Crippen LogP contribution in [0.25, 0.3) is 155 Å². The molecule has 0 saturated carbocycles. The Kier molecular flexibility index (Phi) is 7.73. The minimum Gasteiger partial charge on any atom is -0.456 e. The summed E-state index contributed by atoms with van der Waals surface area (Å²) in [7, 11) is 0. The van der Waals surface area contributed by atoms with Gasteiger partial charge in [-0.2, -0.15) is 0 Å². The molecular formula is C63H35N5O3. The van der Waals surface area contributed by atoms with Gasteiger partial charge in [0.1, 0.15) is 39.3 Å². The molecule has 0 amide bonds. The van der Waals surface area contributed by atoms with Crippen molar-refractivity contribution < 1.29 is 13.3 Å². The molecule has 0 unspecified atom stereocenters. The molecule has 9 aromatic carbocycles. The summed E-state index contributed by atoms with van der Waals surface area (Å²) in [5.41, 5.74) is 14.5. The van der Waals surface area contributed by atoms with Gasteiger partial charge in [-0.05, 0) is 103 Å². The second-order valence-electron chi connectivity index (χ2n) is 18.3. The maximum Gasteiger partial charge on any atom is 0.235 e. The number of rotatable bonds is 5. The van der Waals surface area contributed by atoms with Crippen LogP contribution in [0.1, 0.15) is 0 Å². The van der Waals surface area contributed by atoms with Gasteiger partial charge in [-0.25, -0.2) is 15.0 Å². The molecule has 0 radical (unpaired) electrons. The fourth-order valence-electron chi connectivity index (χ4n) is 11.2. The normalized spacial score (nSPS) is 12.2. The number of para-hydroxylation sites is 5. The Morgan fingerprint density at radius 3 is 1.44 bits per heavy atom. The maximum atomic E-state index is 6.32. The number of nitrogens with zero attached hydrogens (tertiary/aromatic N) is 5. The largest absolute Gasteiger partial charge is 0.456 e. The second kappa shape index (κ2) is 14.4. The topological polar surface area (TPSA) is 88.0 Å². The van der Waals surface area contributed by atoms with Crippen molar-refractivity contribution in [1.29, 1.82) is 0 Å². The molecule has 7 heterocycles. The van der Waals surface area contributed by atoms with Crippen LogP contribution in [0.5, 0.6) is 0 Å². The summed E-state index contributed by atoms with van der Waals surface area (Å²) in [5, 5.41) is 10.8. The van der Waals surface area contributed by atoms with Crippen molar-refractivity contribution in [2.45, 2.75) is 0 Å². The zero-order chi connectivity index (χ0) is 46.3. The second-order valence-corrected chi connectivity index (χ2v) is 18.3. The number of hydrogen-bond acceptors (Lipinski definition) is 6. The van der Waals surface area contributed by atoms with Gasteiger partial charge in [-0.1, -0.05) is 109 Å². The van der Waals surface area contributed by atoms with Crippen LogP contribution < -0.4 is 0 Å². The molecule has 330 valence electrons. The molecule has 0 aliphatic carbocycles. The molecule has 0 fully saturated rings. The van der Waals surface area contributed by atoms with Crippen molar-refractivity contribution in [2.75, 3.05) is 0 Å². The quantitative estimate of drug-likeness (QED) is 0.171. The van der Waals surface area contributed by atoms with E-state index in [0.29, 0.717) is 5.95 Å². The molecule has 0 N–H and O–H groups in total. The first kappa shape index (κ1) is 38.2. The Morgan fingerprint density at radius 1 is 0.282 bits per heavy atom. The molecule has 16 aromatic rings. The fourth-order valence-corrected chi connectivity index (χ4v) is 11.2. The van der Waals surface area contributed by atoms with Crippen LogP contribution >= 0.6 is 0 Å². The van der Waals surface area contributed by atoms with Gasteiger partial charge in [0.05, 0.1) is 39.1 Å². The smallest absolute Gasteiger partial charge is 0.235 e. The summed E-state index contributed by atoms with van der Waals surface area (Å²) in [6.07, 6.45) is 0. The van der Waals surface area contributed by atoms with E-state index in [1.54, 1.807) is 0 Å². The molecule has 8 nitrogen and oxygen atoms in total. The third-order valence-corrected chi connectivity index (χ3v) is 14.4. The Balaban J connectivity index is 0.951. The summed E-state index contributed by atoms with van der Waals surface area (Å²) in [6.45, 7) is 0. The lowest BCUT2D eigenvalue weighted by Crippen LogP contribution is -2.04. The predicted molar refractivity (Wildman–Crippen MR) is 287 cm³/mol. The van der Waals surface area contributed by atoms with Crippen LogP contribution in [0.3, 0.4) is 0 Å². The lowest BCUT2D eigenvalue weighted by Gasteiger charge is -2.13. The van der Waals surface area contributed by atoms with Crippen LogP contribution in [0.15, 0.2) is 226 Å². The molecule has 7 aromatic heterocycles. The van der Waals surface area contributed by atoms with Gasteiger partial charge in [-0.15, -0.1) is 0 Å². The number of furan rings is 3. The fraction of sp³-hybridized carbons (Fsp3) is 0. The van der Waals surface area contributed by atoms with Gasteiger partial charge >= 0.3 is 0 Å². The van der Waals surface area contributed by atoms with E-state index < -0.39 is 0 Å². The molecule has 0 spiro atoms. The molecule has 0 bridgehead atoms. The van der Waals surface area contributed by atoms with Crippen LogP contribution in [0.4, 0.5) is 0 Å². The zero-order valence-corrected chi connectivity index (χ0v) is 37.7. The van der Waals surface area contributed by atoms with Crippen molar-refractivity contribution >= 4 is 109 Å². The number of hydrogen-bond donors (Lipinski definition) is 0. The van der Waals surface area contributed by atoms with Gasteiger partial charge in [0.15, 0.2) is 0 Å². The Labute approximate surface area is 402 Å². The average Bonchev–Trinajstić information content (AvgIpc) is 4.25. The minimum atomic E-state index is 0.559. The molecule has 0 saturated heterocycles. The lowest BCUT2D eigenvalue weighted by atomic mass is 10.0. The number of pyridine rings is 1. The number of aromatic nitrogens is 5. The zero-order valence-electron chi connectivity index (χ0n) is 37.7. The van der Waals surface area contributed by atoms with Crippen LogP contribution in [-0.2, 0) is 0 Å². The molecule has 0 aliphatic rings. The van der Waals surface area contributed by atoms with E-state index in [1.165, 1.54) is 0 Å². The minimum absolute atomic E-state index is 0.559. The van der Waals surface area contributed by atoms with Crippen molar-refractivity contribution in [1.82, 2.24) is 24.1 Å². The van der Waals surface area contributed by atoms with E-state index in [1.807, 2.05) is 42.5 Å². The van der Waals surface area contributed by atoms with Gasteiger partial charge in [0.2, 0.25) is 5.95 Å². The van der Waals surface area contributed by atoms with Gasteiger partial charge in [-0.3, -0.25) is 9.13 Å². The van der Waals surface area contributed by atoms with Crippen molar-refractivity contribution in [3.05, 3.63) is 212 Å². The van der Waals surface area contributed by atoms with E-state index in [0.717, 1.165) is 149 Å². The van der Waals surface area contributed by atoms with E-state index in [4.69, 9.17) is 28.2 Å². The third kappa shape index (κ3) is 5.58. The number of fused-ring (bicyclic) bond motifs is 16. The lowest BCUT2D eigenvalue weighted by molar-refractivity contribution is 0.668. The molecule has 71 heavy (non-hydrogen) atoms. The van der Waals surface area contributed by atoms with E-state index in [9.17, 15) is 0 Å². The first-order chi connectivity index (χ1) is 35.2. The van der Waals surface area contributed by atoms with Crippen molar-refractivity contribution in [2.24, 2.45) is 0 Å². The predicted octanol–water partition coefficient (Wildman–Crippen LogP) is 16.8. The Morgan fingerprint density at radius 2 is 0.775 bits per heavy atom. The van der Waals surface area contributed by atoms with Crippen LogP contribution in [0.2, 0.25) is 0 Å². The molecule has 0 atom stereocenters. The van der Waals surface area contributed by atoms with Crippen molar-refractivity contribution in [3.63, 3.8) is 0 Å². The average molecular weight is 910 g/mol. The van der Waals surface area contributed by atoms with E-state index in [-0.39, 0.29) is 0 Å². The van der Waals surface area contributed by atoms with Gasteiger partial charge in [0, 0.05) is 70.6 Å². The van der Waals surface area contributed by atoms with E-state index in [2.05, 4.69) is 179 Å². The molecule has 8 heteroatoms. The van der Waals surface area contributed by atoms with Gasteiger partial charge in [0.25, 0.3) is 0 Å². The monoisotopic (exact) mass is 909 g/mol. The van der Waals surface area contributed by atoms with Crippen LogP contribution in [-0.4, -0.2) is 24.1 Å². The summed E-state index contributed by atoms with van der Waals surface area (Å²) < 4.78 is 23.4. The number of benzene rings is 9. The van der Waals surface area contributed by atoms with Crippen LogP contribution in [0, 0.1) is 0 Å². The highest BCUT2D eigenvalue weighted by Gasteiger charge is 2.24.